The molecule has 0 radical (unpaired) electrons. The fraction of sp³-hybridized carbons (Fsp3) is 0.115. The van der Waals surface area contributed by atoms with Gasteiger partial charge in [0.2, 0.25) is 0 Å². The van der Waals surface area contributed by atoms with E-state index < -0.39 is 4.92 Å². The van der Waals surface area contributed by atoms with Crippen molar-refractivity contribution in [3.05, 3.63) is 116 Å². The lowest BCUT2D eigenvalue weighted by atomic mass is 10.1. The second-order valence-electron chi connectivity index (χ2n) is 8.22. The molecule has 0 fully saturated rings. The molecule has 0 aliphatic rings. The topological polar surface area (TPSA) is 105 Å². The van der Waals surface area contributed by atoms with E-state index in [0.29, 0.717) is 34.0 Å². The Bertz CT molecular complexity index is 1670. The summed E-state index contributed by atoms with van der Waals surface area (Å²) in [4.78, 5) is 28.5. The molecule has 9 nitrogen and oxygen atoms in total. The zero-order valence-corrected chi connectivity index (χ0v) is 19.4. The van der Waals surface area contributed by atoms with Gasteiger partial charge >= 0.3 is 0 Å². The molecule has 5 aromatic rings. The Morgan fingerprint density at radius 3 is 2.56 bits per heavy atom. The number of hydrogen-bond acceptors (Lipinski definition) is 6. The molecule has 0 unspecified atom stereocenters. The molecule has 36 heavy (non-hydrogen) atoms. The van der Waals surface area contributed by atoms with Crippen LogP contribution in [-0.4, -0.2) is 24.1 Å². The molecular formula is C26H20FN5O4. The van der Waals surface area contributed by atoms with Gasteiger partial charge in [-0.15, -0.1) is 0 Å². The summed E-state index contributed by atoms with van der Waals surface area (Å²) in [6.07, 6.45) is 1.60. The highest BCUT2D eigenvalue weighted by Crippen LogP contribution is 2.25. The van der Waals surface area contributed by atoms with Gasteiger partial charge in [0.1, 0.15) is 18.1 Å². The number of non-ortho nitro benzene ring substituents is 1. The van der Waals surface area contributed by atoms with Gasteiger partial charge in [0, 0.05) is 24.0 Å². The number of rotatable bonds is 6. The number of pyridine rings is 1. The second kappa shape index (κ2) is 9.06. The number of benzene rings is 2. The number of halogens is 1. The minimum absolute atomic E-state index is 0.00429. The number of hydrogen-bond donors (Lipinski definition) is 0. The van der Waals surface area contributed by atoms with Crippen LogP contribution in [0.15, 0.2) is 77.7 Å². The van der Waals surface area contributed by atoms with Crippen LogP contribution in [0.4, 0.5) is 10.1 Å². The Hall–Kier alpha value is -4.86. The van der Waals surface area contributed by atoms with Gasteiger partial charge in [0.15, 0.2) is 11.4 Å². The van der Waals surface area contributed by atoms with Crippen LogP contribution in [0.2, 0.25) is 0 Å². The molecule has 0 saturated heterocycles. The molecule has 3 heterocycles. The van der Waals surface area contributed by atoms with Crippen LogP contribution in [0.25, 0.3) is 22.6 Å². The van der Waals surface area contributed by atoms with E-state index in [9.17, 15) is 19.3 Å². The lowest BCUT2D eigenvalue weighted by Gasteiger charge is -2.11. The van der Waals surface area contributed by atoms with Gasteiger partial charge < -0.3 is 4.74 Å². The van der Waals surface area contributed by atoms with E-state index in [2.05, 4.69) is 10.1 Å². The fourth-order valence-corrected chi connectivity index (χ4v) is 3.99. The Morgan fingerprint density at radius 1 is 1.06 bits per heavy atom. The van der Waals surface area contributed by atoms with Gasteiger partial charge in [-0.1, -0.05) is 6.07 Å². The summed E-state index contributed by atoms with van der Waals surface area (Å²) < 4.78 is 22.6. The van der Waals surface area contributed by atoms with Crippen molar-refractivity contribution in [2.45, 2.75) is 20.5 Å². The van der Waals surface area contributed by atoms with Crippen LogP contribution >= 0.6 is 0 Å². The average molecular weight is 485 g/mol. The number of nitrogens with zero attached hydrogens (tertiary/aromatic N) is 5. The average Bonchev–Trinajstić information content (AvgIpc) is 3.24. The number of nitro groups is 1. The fourth-order valence-electron chi connectivity index (χ4n) is 3.99. The van der Waals surface area contributed by atoms with Crippen LogP contribution in [0.3, 0.4) is 0 Å². The molecule has 0 N–H and O–H groups in total. The van der Waals surface area contributed by atoms with Gasteiger partial charge in [-0.2, -0.15) is 5.10 Å². The van der Waals surface area contributed by atoms with Crippen LogP contribution in [-0.2, 0) is 6.61 Å². The summed E-state index contributed by atoms with van der Waals surface area (Å²) in [6.45, 7) is 3.69. The number of ether oxygens (including phenoxy) is 1. The molecule has 0 saturated carbocycles. The van der Waals surface area contributed by atoms with Gasteiger partial charge in [-0.05, 0) is 67.9 Å². The van der Waals surface area contributed by atoms with Crippen molar-refractivity contribution < 1.29 is 14.1 Å². The van der Waals surface area contributed by atoms with Gasteiger partial charge in [0.05, 0.1) is 21.9 Å². The summed E-state index contributed by atoms with van der Waals surface area (Å²) in [5, 5.41) is 15.4. The molecule has 3 aromatic heterocycles. The van der Waals surface area contributed by atoms with E-state index in [1.165, 1.54) is 28.7 Å². The highest BCUT2D eigenvalue weighted by Gasteiger charge is 2.18. The molecule has 0 aliphatic heterocycles. The molecule has 180 valence electrons. The first-order chi connectivity index (χ1) is 17.3. The van der Waals surface area contributed by atoms with E-state index in [-0.39, 0.29) is 23.7 Å². The van der Waals surface area contributed by atoms with E-state index >= 15 is 0 Å². The van der Waals surface area contributed by atoms with Crippen molar-refractivity contribution in [3.63, 3.8) is 0 Å². The summed E-state index contributed by atoms with van der Waals surface area (Å²) in [5.41, 5.74) is 3.26. The zero-order chi connectivity index (χ0) is 25.4. The second-order valence-corrected chi connectivity index (χ2v) is 8.22. The Balaban J connectivity index is 1.50. The van der Waals surface area contributed by atoms with E-state index in [1.807, 2.05) is 6.92 Å². The van der Waals surface area contributed by atoms with Crippen LogP contribution in [0, 0.1) is 29.8 Å². The van der Waals surface area contributed by atoms with E-state index in [0.717, 1.165) is 11.3 Å². The Morgan fingerprint density at radius 2 is 1.83 bits per heavy atom. The molecule has 0 spiro atoms. The molecule has 0 aliphatic carbocycles. The normalized spacial score (nSPS) is 11.1. The molecule has 0 atom stereocenters. The molecule has 5 rings (SSSR count). The molecule has 10 heteroatoms. The summed E-state index contributed by atoms with van der Waals surface area (Å²) in [7, 11) is 0. The lowest BCUT2D eigenvalue weighted by molar-refractivity contribution is -0.384. The van der Waals surface area contributed by atoms with Crippen LogP contribution in [0.5, 0.6) is 5.75 Å². The van der Waals surface area contributed by atoms with Crippen molar-refractivity contribution in [3.8, 4) is 22.7 Å². The standard InChI is InChI=1S/C26H20FN5O4/c1-16-13-22(29-31(16)21-6-3-5-19(27)14-21)24-17(2)28-25-23(7-4-12-30(25)26(24)33)36-15-18-8-10-20(11-9-18)32(34)35/h3-14H,15H2,1-2H3. The first-order valence-electron chi connectivity index (χ1n) is 11.0. The lowest BCUT2D eigenvalue weighted by Crippen LogP contribution is -2.19. The minimum atomic E-state index is -0.464. The van der Waals surface area contributed by atoms with Crippen LogP contribution in [0.1, 0.15) is 17.0 Å². The SMILES string of the molecule is Cc1nc2c(OCc3ccc([N+](=O)[O-])cc3)cccn2c(=O)c1-c1cc(C)n(-c2cccc(F)c2)n1. The van der Waals surface area contributed by atoms with E-state index in [4.69, 9.17) is 4.74 Å². The number of fused-ring (bicyclic) bond motifs is 1. The molecule has 0 amide bonds. The summed E-state index contributed by atoms with van der Waals surface area (Å²) in [6, 6.07) is 17.3. The monoisotopic (exact) mass is 485 g/mol. The highest BCUT2D eigenvalue weighted by atomic mass is 19.1. The van der Waals surface area contributed by atoms with Crippen molar-refractivity contribution in [1.29, 1.82) is 0 Å². The van der Waals surface area contributed by atoms with Gasteiger partial charge in [0.25, 0.3) is 11.2 Å². The van der Waals surface area contributed by atoms with Crippen molar-refractivity contribution in [2.24, 2.45) is 0 Å². The highest BCUT2D eigenvalue weighted by molar-refractivity contribution is 5.65. The molecule has 0 bridgehead atoms. The number of aryl methyl sites for hydroxylation is 2. The first kappa shape index (κ1) is 22.9. The third-order valence-corrected chi connectivity index (χ3v) is 5.74. The largest absolute Gasteiger partial charge is 0.485 e. The first-order valence-corrected chi connectivity index (χ1v) is 11.0. The van der Waals surface area contributed by atoms with Gasteiger partial charge in [-0.25, -0.2) is 14.1 Å². The Labute approximate surface area is 204 Å². The predicted molar refractivity (Wildman–Crippen MR) is 131 cm³/mol. The van der Waals surface area contributed by atoms with Gasteiger partial charge in [-0.3, -0.25) is 19.3 Å². The van der Waals surface area contributed by atoms with Crippen LogP contribution < -0.4 is 10.3 Å². The molecular weight excluding hydrogens is 465 g/mol. The number of aromatic nitrogens is 4. The van der Waals surface area contributed by atoms with Crippen molar-refractivity contribution >= 4 is 11.3 Å². The quantitative estimate of drug-likeness (QED) is 0.253. The van der Waals surface area contributed by atoms with Crippen molar-refractivity contribution in [1.82, 2.24) is 19.2 Å². The zero-order valence-electron chi connectivity index (χ0n) is 19.4. The molecule has 2 aromatic carbocycles. The summed E-state index contributed by atoms with van der Waals surface area (Å²) >= 11 is 0. The van der Waals surface area contributed by atoms with E-state index in [1.54, 1.807) is 60.3 Å². The minimum Gasteiger partial charge on any atom is -0.485 e. The smallest absolute Gasteiger partial charge is 0.269 e. The summed E-state index contributed by atoms with van der Waals surface area (Å²) in [5.74, 6) is 0.0119. The maximum atomic E-state index is 13.7. The maximum absolute atomic E-state index is 13.7. The maximum Gasteiger partial charge on any atom is 0.269 e. The third kappa shape index (κ3) is 4.20. The predicted octanol–water partition coefficient (Wildman–Crippen LogP) is 4.79. The number of nitro benzene ring substituents is 1. The van der Waals surface area contributed by atoms with Crippen molar-refractivity contribution in [2.75, 3.05) is 0 Å². The Kier molecular flexibility index (Phi) is 5.77. The third-order valence-electron chi connectivity index (χ3n) is 5.74.